The van der Waals surface area contributed by atoms with Crippen molar-refractivity contribution in [1.82, 2.24) is 0 Å². The van der Waals surface area contributed by atoms with E-state index in [0.717, 1.165) is 41.9 Å². The molecule has 3 aromatic rings. The average Bonchev–Trinajstić information content (AvgIpc) is 3.01. The van der Waals surface area contributed by atoms with Crippen LogP contribution in [0.25, 0.3) is 11.1 Å². The van der Waals surface area contributed by atoms with Gasteiger partial charge in [-0.25, -0.2) is 4.79 Å². The first-order chi connectivity index (χ1) is 20.6. The van der Waals surface area contributed by atoms with Gasteiger partial charge in [-0.1, -0.05) is 88.6 Å². The Kier molecular flexibility index (Phi) is 15.4. The van der Waals surface area contributed by atoms with Gasteiger partial charge in [0.1, 0.15) is 17.2 Å². The fourth-order valence-corrected chi connectivity index (χ4v) is 4.91. The quantitative estimate of drug-likeness (QED) is 0.0553. The van der Waals surface area contributed by atoms with Gasteiger partial charge in [-0.2, -0.15) is 0 Å². The number of hydrogen-bond donors (Lipinski definition) is 0. The second kappa shape index (κ2) is 19.6. The van der Waals surface area contributed by atoms with E-state index in [2.05, 4.69) is 32.6 Å². The van der Waals surface area contributed by atoms with Crippen LogP contribution in [-0.2, 0) is 0 Å². The number of hydrogen-bond acceptors (Lipinski definition) is 4. The summed E-state index contributed by atoms with van der Waals surface area (Å²) in [6, 6.07) is 22.9. The number of carbonyl (C=O) groups excluding carboxylic acids is 1. The summed E-state index contributed by atoms with van der Waals surface area (Å²) >= 11 is 0. The SMILES string of the molecule is C=CCCCCCCCCCOc1ccc(C(=O)Oc2ccc(-c3ccc(OC(C)CCCCCC)cc3)cc2)cc1. The highest BCUT2D eigenvalue weighted by atomic mass is 16.5. The van der Waals surface area contributed by atoms with Gasteiger partial charge in [0.2, 0.25) is 0 Å². The Balaban J connectivity index is 1.37. The van der Waals surface area contributed by atoms with Crippen molar-refractivity contribution < 1.29 is 19.0 Å². The molecule has 4 nitrogen and oxygen atoms in total. The van der Waals surface area contributed by atoms with Gasteiger partial charge >= 0.3 is 5.97 Å². The Morgan fingerprint density at radius 2 is 1.24 bits per heavy atom. The van der Waals surface area contributed by atoms with Crippen LogP contribution in [0.5, 0.6) is 17.2 Å². The monoisotopic (exact) mass is 570 g/mol. The Labute approximate surface area is 254 Å². The molecule has 0 heterocycles. The van der Waals surface area contributed by atoms with Gasteiger partial charge in [0.25, 0.3) is 0 Å². The van der Waals surface area contributed by atoms with E-state index in [1.54, 1.807) is 12.1 Å². The molecule has 0 saturated heterocycles. The molecule has 1 unspecified atom stereocenters. The van der Waals surface area contributed by atoms with E-state index < -0.39 is 0 Å². The maximum absolute atomic E-state index is 12.7. The van der Waals surface area contributed by atoms with Gasteiger partial charge in [0.15, 0.2) is 0 Å². The van der Waals surface area contributed by atoms with Crippen molar-refractivity contribution in [3.8, 4) is 28.4 Å². The van der Waals surface area contributed by atoms with E-state index in [-0.39, 0.29) is 12.1 Å². The first-order valence-electron chi connectivity index (χ1n) is 16.0. The topological polar surface area (TPSA) is 44.8 Å². The number of ether oxygens (including phenoxy) is 3. The molecule has 0 aromatic heterocycles. The molecule has 0 aliphatic heterocycles. The van der Waals surface area contributed by atoms with Gasteiger partial charge in [-0.15, -0.1) is 6.58 Å². The highest BCUT2D eigenvalue weighted by Gasteiger charge is 2.10. The zero-order valence-electron chi connectivity index (χ0n) is 25.8. The largest absolute Gasteiger partial charge is 0.494 e. The second-order valence-electron chi connectivity index (χ2n) is 11.1. The van der Waals surface area contributed by atoms with Crippen molar-refractivity contribution in [3.63, 3.8) is 0 Å². The lowest BCUT2D eigenvalue weighted by Gasteiger charge is -2.15. The van der Waals surface area contributed by atoms with Crippen molar-refractivity contribution in [3.05, 3.63) is 91.0 Å². The number of carbonyl (C=O) groups is 1. The standard InChI is InChI=1S/C38H50O4/c1-4-6-8-10-11-12-13-14-16-30-40-35-24-22-34(23-25-35)38(39)42-37-28-20-33(21-29-37)32-18-26-36(27-19-32)41-31(3)17-15-9-7-5-2/h4,18-29,31H,1,5-17,30H2,2-3H3. The Morgan fingerprint density at radius 1 is 0.690 bits per heavy atom. The first kappa shape index (κ1) is 33.0. The highest BCUT2D eigenvalue weighted by molar-refractivity contribution is 5.91. The normalized spacial score (nSPS) is 11.6. The Hall–Kier alpha value is -3.53. The molecule has 1 atom stereocenters. The van der Waals surface area contributed by atoms with Crippen LogP contribution in [0.3, 0.4) is 0 Å². The molecule has 0 N–H and O–H groups in total. The smallest absolute Gasteiger partial charge is 0.343 e. The Morgan fingerprint density at radius 3 is 1.86 bits per heavy atom. The van der Waals surface area contributed by atoms with Crippen molar-refractivity contribution >= 4 is 5.97 Å². The summed E-state index contributed by atoms with van der Waals surface area (Å²) in [5.74, 6) is 1.80. The van der Waals surface area contributed by atoms with E-state index in [0.29, 0.717) is 17.9 Å². The Bertz CT molecular complexity index is 1150. The van der Waals surface area contributed by atoms with Crippen LogP contribution in [0, 0.1) is 0 Å². The van der Waals surface area contributed by atoms with Crippen LogP contribution in [0.15, 0.2) is 85.5 Å². The van der Waals surface area contributed by atoms with Gasteiger partial charge in [0, 0.05) is 0 Å². The molecule has 0 radical (unpaired) electrons. The van der Waals surface area contributed by atoms with Crippen molar-refractivity contribution in [2.24, 2.45) is 0 Å². The first-order valence-corrected chi connectivity index (χ1v) is 16.0. The number of esters is 1. The molecule has 0 aliphatic carbocycles. The third-order valence-corrected chi connectivity index (χ3v) is 7.47. The fraction of sp³-hybridized carbons (Fsp3) is 0.447. The molecule has 42 heavy (non-hydrogen) atoms. The molecule has 0 bridgehead atoms. The number of rotatable bonds is 21. The molecular formula is C38H50O4. The zero-order chi connectivity index (χ0) is 29.8. The summed E-state index contributed by atoms with van der Waals surface area (Å²) in [7, 11) is 0. The van der Waals surface area contributed by atoms with Crippen molar-refractivity contribution in [2.75, 3.05) is 6.61 Å². The summed E-state index contributed by atoms with van der Waals surface area (Å²) in [4.78, 5) is 12.7. The summed E-state index contributed by atoms with van der Waals surface area (Å²) in [6.45, 7) is 8.83. The molecular weight excluding hydrogens is 520 g/mol. The highest BCUT2D eigenvalue weighted by Crippen LogP contribution is 2.26. The van der Waals surface area contributed by atoms with E-state index in [4.69, 9.17) is 14.2 Å². The van der Waals surface area contributed by atoms with Gasteiger partial charge in [-0.3, -0.25) is 0 Å². The number of unbranched alkanes of at least 4 members (excludes halogenated alkanes) is 10. The van der Waals surface area contributed by atoms with Crippen LogP contribution in [0.2, 0.25) is 0 Å². The molecule has 4 heteroatoms. The maximum Gasteiger partial charge on any atom is 0.343 e. The second-order valence-corrected chi connectivity index (χ2v) is 11.1. The fourth-order valence-electron chi connectivity index (χ4n) is 4.91. The van der Waals surface area contributed by atoms with Crippen molar-refractivity contribution in [1.29, 1.82) is 0 Å². The predicted octanol–water partition coefficient (Wildman–Crippen LogP) is 11.0. The van der Waals surface area contributed by atoms with Crippen LogP contribution < -0.4 is 14.2 Å². The third kappa shape index (κ3) is 12.5. The number of benzene rings is 3. The maximum atomic E-state index is 12.7. The van der Waals surface area contributed by atoms with E-state index in [1.165, 1.54) is 64.2 Å². The van der Waals surface area contributed by atoms with E-state index in [1.807, 2.05) is 54.6 Å². The van der Waals surface area contributed by atoms with Gasteiger partial charge in [0.05, 0.1) is 18.3 Å². The zero-order valence-corrected chi connectivity index (χ0v) is 25.8. The summed E-state index contributed by atoms with van der Waals surface area (Å²) < 4.78 is 17.5. The third-order valence-electron chi connectivity index (χ3n) is 7.47. The molecule has 0 saturated carbocycles. The lowest BCUT2D eigenvalue weighted by Crippen LogP contribution is -2.11. The predicted molar refractivity (Wildman–Crippen MR) is 175 cm³/mol. The van der Waals surface area contributed by atoms with Crippen LogP contribution >= 0.6 is 0 Å². The minimum absolute atomic E-state index is 0.216. The van der Waals surface area contributed by atoms with Crippen molar-refractivity contribution in [2.45, 2.75) is 103 Å². The van der Waals surface area contributed by atoms with Crippen LogP contribution in [0.1, 0.15) is 108 Å². The minimum Gasteiger partial charge on any atom is -0.494 e. The van der Waals surface area contributed by atoms with Gasteiger partial charge < -0.3 is 14.2 Å². The van der Waals surface area contributed by atoms with Crippen LogP contribution in [0.4, 0.5) is 0 Å². The molecule has 0 spiro atoms. The molecule has 0 aliphatic rings. The summed E-state index contributed by atoms with van der Waals surface area (Å²) in [5.41, 5.74) is 2.64. The minimum atomic E-state index is -0.382. The lowest BCUT2D eigenvalue weighted by atomic mass is 10.1. The average molecular weight is 571 g/mol. The summed E-state index contributed by atoms with van der Waals surface area (Å²) in [5, 5.41) is 0. The molecule has 0 fully saturated rings. The van der Waals surface area contributed by atoms with E-state index >= 15 is 0 Å². The van der Waals surface area contributed by atoms with Crippen LogP contribution in [-0.4, -0.2) is 18.7 Å². The molecule has 0 amide bonds. The van der Waals surface area contributed by atoms with Gasteiger partial charge in [-0.05, 0) is 98.7 Å². The summed E-state index contributed by atoms with van der Waals surface area (Å²) in [6.07, 6.45) is 18.1. The molecule has 226 valence electrons. The van der Waals surface area contributed by atoms with E-state index in [9.17, 15) is 4.79 Å². The lowest BCUT2D eigenvalue weighted by molar-refractivity contribution is 0.0734. The molecule has 3 aromatic carbocycles. The number of allylic oxidation sites excluding steroid dienone is 1. The molecule has 3 rings (SSSR count).